The first-order valence-corrected chi connectivity index (χ1v) is 5.02. The molecule has 0 fully saturated rings. The van der Waals surface area contributed by atoms with Gasteiger partial charge in [-0.05, 0) is 6.07 Å². The van der Waals surface area contributed by atoms with Crippen molar-refractivity contribution in [2.75, 3.05) is 5.73 Å². The smallest absolute Gasteiger partial charge is 0.230 e. The predicted molar refractivity (Wildman–Crippen MR) is 61.3 cm³/mol. The van der Waals surface area contributed by atoms with E-state index in [9.17, 15) is 0 Å². The largest absolute Gasteiger partial charge is 0.367 e. The average molecular weight is 227 g/mol. The number of para-hydroxylation sites is 1. The Labute approximate surface area is 96.6 Å². The van der Waals surface area contributed by atoms with E-state index in [1.165, 1.54) is 0 Å². The first-order valence-electron chi connectivity index (χ1n) is 5.02. The van der Waals surface area contributed by atoms with E-state index in [2.05, 4.69) is 15.5 Å². The molecule has 0 aliphatic rings. The van der Waals surface area contributed by atoms with Gasteiger partial charge in [0.15, 0.2) is 0 Å². The summed E-state index contributed by atoms with van der Waals surface area (Å²) in [4.78, 5) is 0. The summed E-state index contributed by atoms with van der Waals surface area (Å²) >= 11 is 0. The van der Waals surface area contributed by atoms with Crippen LogP contribution in [0.15, 0.2) is 47.4 Å². The monoisotopic (exact) mass is 227 g/mol. The molecule has 0 aliphatic carbocycles. The van der Waals surface area contributed by atoms with Gasteiger partial charge in [0.05, 0.1) is 29.8 Å². The molecule has 2 N–H and O–H groups in total. The van der Waals surface area contributed by atoms with Gasteiger partial charge in [0.2, 0.25) is 5.88 Å². The summed E-state index contributed by atoms with van der Waals surface area (Å²) in [5, 5.41) is 11.4. The van der Waals surface area contributed by atoms with Crippen molar-refractivity contribution in [3.63, 3.8) is 0 Å². The maximum absolute atomic E-state index is 5.72. The van der Waals surface area contributed by atoms with Gasteiger partial charge in [0.25, 0.3) is 0 Å². The van der Waals surface area contributed by atoms with Crippen molar-refractivity contribution in [1.82, 2.24) is 20.2 Å². The number of nitrogens with zero attached hydrogens (tertiary/aromatic N) is 4. The van der Waals surface area contributed by atoms with E-state index in [1.807, 2.05) is 24.3 Å². The van der Waals surface area contributed by atoms with Gasteiger partial charge < -0.3 is 10.3 Å². The zero-order valence-corrected chi connectivity index (χ0v) is 8.82. The topological polar surface area (TPSA) is 82.8 Å². The second kappa shape index (κ2) is 3.75. The Hall–Kier alpha value is -2.63. The Balaban J connectivity index is 2.22. The van der Waals surface area contributed by atoms with Gasteiger partial charge in [0.1, 0.15) is 0 Å². The van der Waals surface area contributed by atoms with Gasteiger partial charge in [-0.25, -0.2) is 4.68 Å². The summed E-state index contributed by atoms with van der Waals surface area (Å²) in [6.45, 7) is 0. The number of nitrogen functional groups attached to an aromatic ring is 1. The van der Waals surface area contributed by atoms with Gasteiger partial charge in [0, 0.05) is 5.56 Å². The molecular weight excluding hydrogens is 218 g/mol. The van der Waals surface area contributed by atoms with E-state index >= 15 is 0 Å². The Morgan fingerprint density at radius 3 is 2.76 bits per heavy atom. The zero-order chi connectivity index (χ0) is 11.7. The fourth-order valence-electron chi connectivity index (χ4n) is 1.69. The zero-order valence-electron chi connectivity index (χ0n) is 8.82. The summed E-state index contributed by atoms with van der Waals surface area (Å²) in [5.74, 6) is 0.289. The van der Waals surface area contributed by atoms with Crippen molar-refractivity contribution in [2.24, 2.45) is 0 Å². The van der Waals surface area contributed by atoms with Crippen LogP contribution in [0.4, 0.5) is 5.88 Å². The van der Waals surface area contributed by atoms with E-state index in [1.54, 1.807) is 23.3 Å². The Bertz CT molecular complexity index is 629. The number of nitrogens with two attached hydrogens (primary N) is 1. The summed E-state index contributed by atoms with van der Waals surface area (Å²) in [5.41, 5.74) is 8.24. The third-order valence-electron chi connectivity index (χ3n) is 2.46. The fraction of sp³-hybridized carbons (Fsp3) is 0. The normalized spacial score (nSPS) is 10.6. The van der Waals surface area contributed by atoms with Crippen molar-refractivity contribution in [1.29, 1.82) is 0 Å². The van der Waals surface area contributed by atoms with Crippen LogP contribution >= 0.6 is 0 Å². The van der Waals surface area contributed by atoms with Gasteiger partial charge in [-0.2, -0.15) is 0 Å². The van der Waals surface area contributed by atoms with Crippen molar-refractivity contribution in [3.05, 3.63) is 42.9 Å². The third kappa shape index (κ3) is 1.55. The lowest BCUT2D eigenvalue weighted by atomic mass is 10.1. The van der Waals surface area contributed by atoms with E-state index in [4.69, 9.17) is 10.3 Å². The molecular formula is C11H9N5O. The van der Waals surface area contributed by atoms with Crippen molar-refractivity contribution in [2.45, 2.75) is 0 Å². The van der Waals surface area contributed by atoms with Crippen LogP contribution in [0.25, 0.3) is 16.8 Å². The van der Waals surface area contributed by atoms with Crippen LogP contribution in [0.1, 0.15) is 0 Å². The lowest BCUT2D eigenvalue weighted by molar-refractivity contribution is 0.436. The van der Waals surface area contributed by atoms with E-state index in [0.717, 1.165) is 16.8 Å². The minimum absolute atomic E-state index is 0.289. The predicted octanol–water partition coefficient (Wildman–Crippen LogP) is 1.50. The minimum atomic E-state index is 0.289. The quantitative estimate of drug-likeness (QED) is 0.717. The molecule has 3 aromatic rings. The molecule has 84 valence electrons. The van der Waals surface area contributed by atoms with Crippen LogP contribution in [0.5, 0.6) is 0 Å². The molecule has 0 saturated heterocycles. The molecule has 0 unspecified atom stereocenters. The summed E-state index contributed by atoms with van der Waals surface area (Å²) in [7, 11) is 0. The summed E-state index contributed by atoms with van der Waals surface area (Å²) < 4.78 is 6.54. The SMILES string of the molecule is Nc1oncc1-c1ccccc1-n1ccnn1. The minimum Gasteiger partial charge on any atom is -0.367 e. The Morgan fingerprint density at radius 1 is 1.18 bits per heavy atom. The molecule has 1 aromatic carbocycles. The van der Waals surface area contributed by atoms with Crippen LogP contribution in [-0.2, 0) is 0 Å². The highest BCUT2D eigenvalue weighted by Crippen LogP contribution is 2.30. The van der Waals surface area contributed by atoms with Crippen molar-refractivity contribution >= 4 is 5.88 Å². The molecule has 3 rings (SSSR count). The van der Waals surface area contributed by atoms with Crippen molar-refractivity contribution < 1.29 is 4.52 Å². The van der Waals surface area contributed by atoms with Gasteiger partial charge in [-0.1, -0.05) is 28.6 Å². The molecule has 0 bridgehead atoms. The van der Waals surface area contributed by atoms with E-state index in [0.29, 0.717) is 0 Å². The Kier molecular flexibility index (Phi) is 2.11. The second-order valence-corrected chi connectivity index (χ2v) is 3.47. The van der Waals surface area contributed by atoms with E-state index < -0.39 is 0 Å². The molecule has 0 atom stereocenters. The van der Waals surface area contributed by atoms with Crippen LogP contribution in [-0.4, -0.2) is 20.2 Å². The maximum Gasteiger partial charge on any atom is 0.230 e. The number of aromatic nitrogens is 4. The lowest BCUT2D eigenvalue weighted by Crippen LogP contribution is -1.98. The van der Waals surface area contributed by atoms with Gasteiger partial charge in [-0.15, -0.1) is 5.10 Å². The molecule has 0 saturated carbocycles. The standard InChI is InChI=1S/C11H9N5O/c12-11-9(7-14-17-11)8-3-1-2-4-10(8)16-6-5-13-15-16/h1-7H,12H2. The highest BCUT2D eigenvalue weighted by atomic mass is 16.5. The van der Waals surface area contributed by atoms with Crippen LogP contribution in [0.2, 0.25) is 0 Å². The number of rotatable bonds is 2. The molecule has 6 heteroatoms. The molecule has 2 heterocycles. The second-order valence-electron chi connectivity index (χ2n) is 3.47. The molecule has 0 radical (unpaired) electrons. The number of anilines is 1. The number of hydrogen-bond donors (Lipinski definition) is 1. The van der Waals surface area contributed by atoms with Gasteiger partial charge in [-0.3, -0.25) is 0 Å². The van der Waals surface area contributed by atoms with E-state index in [-0.39, 0.29) is 5.88 Å². The summed E-state index contributed by atoms with van der Waals surface area (Å²) in [6, 6.07) is 7.70. The molecule has 0 spiro atoms. The molecule has 2 aromatic heterocycles. The number of hydrogen-bond acceptors (Lipinski definition) is 5. The van der Waals surface area contributed by atoms with Crippen LogP contribution in [0, 0.1) is 0 Å². The average Bonchev–Trinajstić information content (AvgIpc) is 3.00. The first-order chi connectivity index (χ1) is 8.36. The maximum atomic E-state index is 5.72. The highest BCUT2D eigenvalue weighted by molar-refractivity contribution is 5.78. The first kappa shape index (κ1) is 9.59. The summed E-state index contributed by atoms with van der Waals surface area (Å²) in [6.07, 6.45) is 4.97. The third-order valence-corrected chi connectivity index (χ3v) is 2.46. The van der Waals surface area contributed by atoms with Crippen LogP contribution in [0.3, 0.4) is 0 Å². The van der Waals surface area contributed by atoms with Crippen molar-refractivity contribution in [3.8, 4) is 16.8 Å². The molecule has 6 nitrogen and oxygen atoms in total. The highest BCUT2D eigenvalue weighted by Gasteiger charge is 2.12. The Morgan fingerprint density at radius 2 is 2.06 bits per heavy atom. The van der Waals surface area contributed by atoms with Gasteiger partial charge >= 0.3 is 0 Å². The molecule has 17 heavy (non-hydrogen) atoms. The lowest BCUT2D eigenvalue weighted by Gasteiger charge is -2.06. The number of benzene rings is 1. The fourth-order valence-corrected chi connectivity index (χ4v) is 1.69. The molecule has 0 amide bonds. The molecule has 0 aliphatic heterocycles. The van der Waals surface area contributed by atoms with Crippen LogP contribution < -0.4 is 5.73 Å².